The molecule has 1 heterocycles. The molecule has 0 aromatic heterocycles. The highest BCUT2D eigenvalue weighted by atomic mass is 32.2. The number of benzene rings is 3. The van der Waals surface area contributed by atoms with Gasteiger partial charge in [0.25, 0.3) is 0 Å². The van der Waals surface area contributed by atoms with E-state index in [4.69, 9.17) is 22.7 Å². The summed E-state index contributed by atoms with van der Waals surface area (Å²) in [5.74, 6) is 0.897. The monoisotopic (exact) mass is 463 g/mol. The number of nitrogens with two attached hydrogens (primary N) is 1. The number of carbonyl (C=O) groups excluding carboxylic acids is 2. The topological polar surface area (TPSA) is 69.4 Å². The molecule has 1 fully saturated rings. The highest BCUT2D eigenvalue weighted by molar-refractivity contribution is 8.23. The van der Waals surface area contributed by atoms with Gasteiger partial charge in [-0.25, -0.2) is 9.28 Å². The van der Waals surface area contributed by atoms with Crippen LogP contribution in [0.3, 0.4) is 0 Å². The fraction of sp³-hybridized carbons (Fsp3) is 0.160. The van der Waals surface area contributed by atoms with E-state index in [2.05, 4.69) is 0 Å². The molecule has 4 rings (SSSR count). The molecule has 0 saturated carbocycles. The fourth-order valence-electron chi connectivity index (χ4n) is 3.79. The van der Waals surface area contributed by atoms with Gasteiger partial charge in [-0.1, -0.05) is 48.5 Å². The minimum atomic E-state index is -0.551. The third-order valence-electron chi connectivity index (χ3n) is 5.33. The van der Waals surface area contributed by atoms with E-state index in [-0.39, 0.29) is 16.8 Å². The van der Waals surface area contributed by atoms with Gasteiger partial charge in [-0.05, 0) is 60.4 Å². The van der Waals surface area contributed by atoms with E-state index in [1.54, 1.807) is 0 Å². The summed E-state index contributed by atoms with van der Waals surface area (Å²) >= 11 is 6.99. The minimum Gasteiger partial charge on any atom is -0.457 e. The molecule has 1 aliphatic heterocycles. The number of hydrogen-bond acceptors (Lipinski definition) is 5. The molecule has 2 unspecified atom stereocenters. The Morgan fingerprint density at radius 2 is 1.41 bits per heavy atom. The Morgan fingerprint density at radius 1 is 0.875 bits per heavy atom. The molecule has 2 N–H and O–H groups in total. The van der Waals surface area contributed by atoms with Crippen LogP contribution in [0.4, 0.5) is 0 Å². The van der Waals surface area contributed by atoms with Crippen LogP contribution >= 0.6 is 24.0 Å². The number of carbonyl (C=O) groups is 2. The van der Waals surface area contributed by atoms with Gasteiger partial charge in [0.1, 0.15) is 29.8 Å². The van der Waals surface area contributed by atoms with Gasteiger partial charge in [-0.15, -0.1) is 0 Å². The lowest BCUT2D eigenvalue weighted by atomic mass is 10.1. The molecular weight excluding hydrogens is 440 g/mol. The predicted molar refractivity (Wildman–Crippen MR) is 130 cm³/mol. The maximum Gasteiger partial charge on any atom is 0.334 e. The van der Waals surface area contributed by atoms with Gasteiger partial charge in [0.05, 0.1) is 6.42 Å². The zero-order chi connectivity index (χ0) is 22.6. The standard InChI is InChI=1S/C25H22N2O3S2/c26-23(28)15-22-24(29)27(25(31)32-22,16-18-7-3-1-4-8-18)17-19-11-13-21(14-12-19)30-20-9-5-2-6-10-20/h1-14,22H,15-17H2,(H-,26,28)/p+1. The van der Waals surface area contributed by atoms with Crippen molar-refractivity contribution in [3.63, 3.8) is 0 Å². The van der Waals surface area contributed by atoms with Gasteiger partial charge < -0.3 is 10.5 Å². The normalized spacial score (nSPS) is 20.3. The number of rotatable bonds is 8. The van der Waals surface area contributed by atoms with Gasteiger partial charge in [-0.2, -0.15) is 0 Å². The molecule has 2 atom stereocenters. The zero-order valence-corrected chi connectivity index (χ0v) is 19.0. The van der Waals surface area contributed by atoms with Gasteiger partial charge in [0.15, 0.2) is 0 Å². The summed E-state index contributed by atoms with van der Waals surface area (Å²) < 4.78 is 6.43. The Labute approximate surface area is 196 Å². The van der Waals surface area contributed by atoms with E-state index >= 15 is 0 Å². The van der Waals surface area contributed by atoms with Crippen molar-refractivity contribution < 1.29 is 18.8 Å². The number of ether oxygens (including phenoxy) is 1. The summed E-state index contributed by atoms with van der Waals surface area (Å²) in [5.41, 5.74) is 7.35. The molecule has 0 bridgehead atoms. The summed E-state index contributed by atoms with van der Waals surface area (Å²) in [6.07, 6.45) is -0.0116. The summed E-state index contributed by atoms with van der Waals surface area (Å²) in [5, 5.41) is -0.551. The van der Waals surface area contributed by atoms with Crippen LogP contribution < -0.4 is 10.5 Å². The smallest absolute Gasteiger partial charge is 0.334 e. The molecule has 7 heteroatoms. The highest BCUT2D eigenvalue weighted by Gasteiger charge is 2.54. The first-order chi connectivity index (χ1) is 15.5. The number of thioether (sulfide) groups is 1. The van der Waals surface area contributed by atoms with Crippen LogP contribution in [0.15, 0.2) is 84.9 Å². The van der Waals surface area contributed by atoms with E-state index < -0.39 is 11.2 Å². The van der Waals surface area contributed by atoms with Crippen LogP contribution in [-0.4, -0.2) is 25.9 Å². The second-order valence-electron chi connectivity index (χ2n) is 7.71. The molecule has 1 aliphatic rings. The first kappa shape index (κ1) is 22.2. The molecule has 0 aliphatic carbocycles. The summed E-state index contributed by atoms with van der Waals surface area (Å²) in [6, 6.07) is 27.0. The minimum absolute atomic E-state index is 0.0116. The van der Waals surface area contributed by atoms with Crippen molar-refractivity contribution in [2.75, 3.05) is 0 Å². The van der Waals surface area contributed by atoms with Crippen LogP contribution in [0.25, 0.3) is 0 Å². The van der Waals surface area contributed by atoms with Crippen molar-refractivity contribution in [3.05, 3.63) is 96.1 Å². The maximum atomic E-state index is 13.5. The molecule has 3 aromatic rings. The van der Waals surface area contributed by atoms with E-state index in [0.29, 0.717) is 23.2 Å². The number of quaternary nitrogens is 1. The first-order valence-corrected chi connectivity index (χ1v) is 11.5. The van der Waals surface area contributed by atoms with Gasteiger partial charge in [0, 0.05) is 11.1 Å². The SMILES string of the molecule is NC(=O)CC1SC(=S)[N+](Cc2ccccc2)(Cc2ccc(Oc3ccccc3)cc2)C1=O. The van der Waals surface area contributed by atoms with E-state index in [1.165, 1.54) is 11.8 Å². The van der Waals surface area contributed by atoms with Gasteiger partial charge >= 0.3 is 5.91 Å². The lowest BCUT2D eigenvalue weighted by Gasteiger charge is -2.30. The second kappa shape index (κ2) is 9.65. The van der Waals surface area contributed by atoms with Crippen molar-refractivity contribution in [2.24, 2.45) is 5.73 Å². The van der Waals surface area contributed by atoms with Crippen molar-refractivity contribution in [2.45, 2.75) is 24.8 Å². The first-order valence-electron chi connectivity index (χ1n) is 10.2. The molecule has 2 amide bonds. The van der Waals surface area contributed by atoms with Crippen molar-refractivity contribution >= 4 is 40.1 Å². The molecule has 5 nitrogen and oxygen atoms in total. The van der Waals surface area contributed by atoms with Crippen LogP contribution in [0.5, 0.6) is 11.5 Å². The van der Waals surface area contributed by atoms with E-state index in [9.17, 15) is 9.59 Å². The van der Waals surface area contributed by atoms with Crippen molar-refractivity contribution in [1.29, 1.82) is 0 Å². The highest BCUT2D eigenvalue weighted by Crippen LogP contribution is 2.39. The van der Waals surface area contributed by atoms with Crippen LogP contribution in [0.2, 0.25) is 0 Å². The third kappa shape index (κ3) is 4.91. The summed E-state index contributed by atoms with van der Waals surface area (Å²) in [6.45, 7) is 0.837. The maximum absolute atomic E-state index is 13.5. The number of amides is 2. The Bertz CT molecular complexity index is 1120. The van der Waals surface area contributed by atoms with Crippen LogP contribution in [-0.2, 0) is 22.7 Å². The number of primary amides is 1. The average molecular weight is 464 g/mol. The Balaban J connectivity index is 1.60. The third-order valence-corrected chi connectivity index (χ3v) is 7.17. The average Bonchev–Trinajstić information content (AvgIpc) is 3.00. The molecule has 0 spiro atoms. The molecule has 162 valence electrons. The van der Waals surface area contributed by atoms with Gasteiger partial charge in [-0.3, -0.25) is 4.79 Å². The van der Waals surface area contributed by atoms with E-state index in [1.807, 2.05) is 84.9 Å². The molecule has 3 aromatic carbocycles. The molecule has 0 radical (unpaired) electrons. The largest absolute Gasteiger partial charge is 0.457 e. The summed E-state index contributed by atoms with van der Waals surface area (Å²) in [7, 11) is 0. The number of hydrogen-bond donors (Lipinski definition) is 1. The van der Waals surface area contributed by atoms with Crippen molar-refractivity contribution in [1.82, 2.24) is 0 Å². The quantitative estimate of drug-likeness (QED) is 0.384. The molecule has 32 heavy (non-hydrogen) atoms. The molecule has 1 saturated heterocycles. The second-order valence-corrected chi connectivity index (χ2v) is 9.55. The zero-order valence-electron chi connectivity index (χ0n) is 17.3. The van der Waals surface area contributed by atoms with Crippen LogP contribution in [0, 0.1) is 0 Å². The predicted octanol–water partition coefficient (Wildman–Crippen LogP) is 4.80. The van der Waals surface area contributed by atoms with Crippen molar-refractivity contribution in [3.8, 4) is 11.5 Å². The summed E-state index contributed by atoms with van der Waals surface area (Å²) in [4.78, 5) is 25.0. The lowest BCUT2D eigenvalue weighted by Crippen LogP contribution is -2.51. The molecular formula is C25H23N2O3S2+. The number of para-hydroxylation sites is 1. The van der Waals surface area contributed by atoms with Crippen LogP contribution in [0.1, 0.15) is 17.5 Å². The Hall–Kier alpha value is -3.00. The number of nitrogens with zero attached hydrogens (tertiary/aromatic N) is 1. The Morgan fingerprint density at radius 3 is 2.00 bits per heavy atom. The fourth-order valence-corrected chi connectivity index (χ4v) is 5.57. The van der Waals surface area contributed by atoms with E-state index in [0.717, 1.165) is 16.9 Å². The Kier molecular flexibility index (Phi) is 6.69. The lowest BCUT2D eigenvalue weighted by molar-refractivity contribution is -0.784. The number of thiocarbonyl (C=S) groups is 1. The van der Waals surface area contributed by atoms with Gasteiger partial charge in [0.2, 0.25) is 10.2 Å².